The standard InChI is InChI=1S/C14H12N4/c1-3-7-11(8-4-1)13-14(16-18-17-15-13)12-9-5-2-6-10-12/h1-10,17-18H. The Kier molecular flexibility index (Phi) is 2.75. The van der Waals surface area contributed by atoms with Gasteiger partial charge in [0.2, 0.25) is 0 Å². The number of nitrogens with one attached hydrogen (secondary N) is 2. The molecule has 2 N–H and O–H groups in total. The maximum Gasteiger partial charge on any atom is 0.120 e. The molecule has 3 rings (SSSR count). The lowest BCUT2D eigenvalue weighted by Gasteiger charge is -2.15. The van der Waals surface area contributed by atoms with Crippen LogP contribution in [0.15, 0.2) is 70.9 Å². The zero-order valence-corrected chi connectivity index (χ0v) is 9.67. The monoisotopic (exact) mass is 236 g/mol. The van der Waals surface area contributed by atoms with Gasteiger partial charge in [-0.15, -0.1) is 0 Å². The molecule has 18 heavy (non-hydrogen) atoms. The normalized spacial score (nSPS) is 14.0. The summed E-state index contributed by atoms with van der Waals surface area (Å²) in [6.07, 6.45) is 0. The van der Waals surface area contributed by atoms with Crippen LogP contribution in [0.5, 0.6) is 0 Å². The highest BCUT2D eigenvalue weighted by molar-refractivity contribution is 6.53. The molecule has 4 nitrogen and oxygen atoms in total. The lowest BCUT2D eigenvalue weighted by molar-refractivity contribution is 0.580. The first-order valence-corrected chi connectivity index (χ1v) is 5.72. The van der Waals surface area contributed by atoms with Crippen molar-refractivity contribution >= 4 is 11.4 Å². The second kappa shape index (κ2) is 4.71. The highest BCUT2D eigenvalue weighted by Crippen LogP contribution is 2.10. The van der Waals surface area contributed by atoms with Crippen LogP contribution in [0, 0.1) is 0 Å². The van der Waals surface area contributed by atoms with E-state index in [2.05, 4.69) is 21.3 Å². The minimum Gasteiger partial charge on any atom is -0.204 e. The van der Waals surface area contributed by atoms with Crippen LogP contribution in [0.4, 0.5) is 0 Å². The molecule has 0 unspecified atom stereocenters. The lowest BCUT2D eigenvalue weighted by Crippen LogP contribution is -2.34. The van der Waals surface area contributed by atoms with Crippen molar-refractivity contribution in [3.63, 3.8) is 0 Å². The van der Waals surface area contributed by atoms with Gasteiger partial charge in [0, 0.05) is 11.1 Å². The Morgan fingerprint density at radius 2 is 0.944 bits per heavy atom. The minimum atomic E-state index is 0.834. The smallest absolute Gasteiger partial charge is 0.120 e. The Morgan fingerprint density at radius 1 is 0.556 bits per heavy atom. The first-order chi connectivity index (χ1) is 8.95. The van der Waals surface area contributed by atoms with Crippen LogP contribution in [0.2, 0.25) is 0 Å². The number of nitrogens with zero attached hydrogens (tertiary/aromatic N) is 2. The molecule has 0 amide bonds. The average Bonchev–Trinajstić information content (AvgIpc) is 2.49. The second-order valence-corrected chi connectivity index (χ2v) is 3.88. The van der Waals surface area contributed by atoms with Gasteiger partial charge in [-0.3, -0.25) is 0 Å². The number of hydrogen-bond donors (Lipinski definition) is 2. The zero-order chi connectivity index (χ0) is 12.2. The highest BCUT2D eigenvalue weighted by atomic mass is 15.7. The first-order valence-electron chi connectivity index (χ1n) is 5.72. The molecule has 0 fully saturated rings. The second-order valence-electron chi connectivity index (χ2n) is 3.88. The van der Waals surface area contributed by atoms with E-state index in [0.29, 0.717) is 0 Å². The third-order valence-corrected chi connectivity index (χ3v) is 2.70. The zero-order valence-electron chi connectivity index (χ0n) is 9.67. The molecule has 0 radical (unpaired) electrons. The Morgan fingerprint density at radius 3 is 1.33 bits per heavy atom. The molecular formula is C14H12N4. The largest absolute Gasteiger partial charge is 0.204 e. The van der Waals surface area contributed by atoms with E-state index in [1.165, 1.54) is 0 Å². The van der Waals surface area contributed by atoms with Crippen LogP contribution in [0.25, 0.3) is 0 Å². The van der Waals surface area contributed by atoms with Crippen molar-refractivity contribution in [2.24, 2.45) is 10.2 Å². The lowest BCUT2D eigenvalue weighted by atomic mass is 10.00. The molecule has 1 heterocycles. The molecule has 1 aliphatic rings. The summed E-state index contributed by atoms with van der Waals surface area (Å²) < 4.78 is 0. The SMILES string of the molecule is c1ccc(C2=NNNN=C2c2ccccc2)cc1. The molecule has 88 valence electrons. The molecule has 0 atom stereocenters. The van der Waals surface area contributed by atoms with Gasteiger partial charge >= 0.3 is 0 Å². The van der Waals surface area contributed by atoms with E-state index in [4.69, 9.17) is 0 Å². The fourth-order valence-corrected chi connectivity index (χ4v) is 1.86. The van der Waals surface area contributed by atoms with E-state index >= 15 is 0 Å². The van der Waals surface area contributed by atoms with Crippen molar-refractivity contribution in [3.8, 4) is 0 Å². The summed E-state index contributed by atoms with van der Waals surface area (Å²) in [5.74, 6) is 0. The Labute approximate surface area is 105 Å². The summed E-state index contributed by atoms with van der Waals surface area (Å²) in [5.41, 5.74) is 9.11. The maximum absolute atomic E-state index is 4.28. The molecule has 0 saturated heterocycles. The van der Waals surface area contributed by atoms with Crippen molar-refractivity contribution in [1.29, 1.82) is 0 Å². The van der Waals surface area contributed by atoms with Gasteiger partial charge in [0.05, 0.1) is 0 Å². The number of benzene rings is 2. The molecule has 0 saturated carbocycles. The average molecular weight is 236 g/mol. The quantitative estimate of drug-likeness (QED) is 0.836. The third kappa shape index (κ3) is 1.96. The van der Waals surface area contributed by atoms with Crippen molar-refractivity contribution < 1.29 is 0 Å². The summed E-state index contributed by atoms with van der Waals surface area (Å²) in [7, 11) is 0. The molecule has 4 heteroatoms. The summed E-state index contributed by atoms with van der Waals surface area (Å²) in [6, 6.07) is 20.0. The summed E-state index contributed by atoms with van der Waals surface area (Å²) in [4.78, 5) is 0. The van der Waals surface area contributed by atoms with Crippen LogP contribution in [0.3, 0.4) is 0 Å². The molecule has 2 aromatic carbocycles. The van der Waals surface area contributed by atoms with Crippen molar-refractivity contribution in [2.45, 2.75) is 0 Å². The van der Waals surface area contributed by atoms with E-state index in [0.717, 1.165) is 22.6 Å². The van der Waals surface area contributed by atoms with Gasteiger partial charge < -0.3 is 0 Å². The van der Waals surface area contributed by atoms with Crippen LogP contribution in [0.1, 0.15) is 11.1 Å². The van der Waals surface area contributed by atoms with Crippen molar-refractivity contribution in [2.75, 3.05) is 0 Å². The highest BCUT2D eigenvalue weighted by Gasteiger charge is 2.16. The van der Waals surface area contributed by atoms with E-state index in [9.17, 15) is 0 Å². The van der Waals surface area contributed by atoms with Gasteiger partial charge in [-0.05, 0) is 0 Å². The number of hydrogen-bond acceptors (Lipinski definition) is 4. The number of hydrazine groups is 1. The van der Waals surface area contributed by atoms with E-state index < -0.39 is 0 Å². The molecule has 0 aliphatic carbocycles. The van der Waals surface area contributed by atoms with Crippen molar-refractivity contribution in [3.05, 3.63) is 71.8 Å². The van der Waals surface area contributed by atoms with Crippen LogP contribution in [-0.4, -0.2) is 11.4 Å². The van der Waals surface area contributed by atoms with Gasteiger partial charge in [-0.2, -0.15) is 10.2 Å². The van der Waals surface area contributed by atoms with Gasteiger partial charge in [-0.25, -0.2) is 11.1 Å². The van der Waals surface area contributed by atoms with Gasteiger partial charge in [0.25, 0.3) is 0 Å². The number of rotatable bonds is 2. The van der Waals surface area contributed by atoms with E-state index in [-0.39, 0.29) is 0 Å². The minimum absolute atomic E-state index is 0.834. The van der Waals surface area contributed by atoms with Gasteiger partial charge in [0.15, 0.2) is 0 Å². The van der Waals surface area contributed by atoms with Crippen LogP contribution in [-0.2, 0) is 0 Å². The summed E-state index contributed by atoms with van der Waals surface area (Å²) in [6.45, 7) is 0. The van der Waals surface area contributed by atoms with Gasteiger partial charge in [0.1, 0.15) is 11.4 Å². The predicted molar refractivity (Wildman–Crippen MR) is 72.2 cm³/mol. The number of hydrazone groups is 2. The molecule has 1 aliphatic heterocycles. The molecule has 0 aromatic heterocycles. The van der Waals surface area contributed by atoms with Crippen molar-refractivity contribution in [1.82, 2.24) is 11.1 Å². The molecular weight excluding hydrogens is 224 g/mol. The molecule has 2 aromatic rings. The Bertz CT molecular complexity index is 532. The molecule has 0 bridgehead atoms. The van der Waals surface area contributed by atoms with Gasteiger partial charge in [-0.1, -0.05) is 60.7 Å². The maximum atomic E-state index is 4.28. The third-order valence-electron chi connectivity index (χ3n) is 2.70. The Hall–Kier alpha value is -2.62. The fraction of sp³-hybridized carbons (Fsp3) is 0. The predicted octanol–water partition coefficient (Wildman–Crippen LogP) is 1.90. The first kappa shape index (κ1) is 10.5. The van der Waals surface area contributed by atoms with Crippen LogP contribution >= 0.6 is 0 Å². The van der Waals surface area contributed by atoms with E-state index in [1.54, 1.807) is 0 Å². The summed E-state index contributed by atoms with van der Waals surface area (Å²) in [5, 5.41) is 8.56. The molecule has 0 spiro atoms. The Balaban J connectivity index is 2.04. The topological polar surface area (TPSA) is 48.8 Å². The fourth-order valence-electron chi connectivity index (χ4n) is 1.86. The summed E-state index contributed by atoms with van der Waals surface area (Å²) >= 11 is 0. The van der Waals surface area contributed by atoms with E-state index in [1.807, 2.05) is 60.7 Å². The van der Waals surface area contributed by atoms with Crippen LogP contribution < -0.4 is 11.1 Å².